The molecule has 0 radical (unpaired) electrons. The molecule has 2 aromatic rings. The molecule has 1 aliphatic heterocycles. The molecule has 0 aliphatic carbocycles. The van der Waals surface area contributed by atoms with E-state index in [0.29, 0.717) is 12.2 Å². The van der Waals surface area contributed by atoms with E-state index in [0.717, 1.165) is 42.8 Å². The summed E-state index contributed by atoms with van der Waals surface area (Å²) in [5.74, 6) is 0.760. The van der Waals surface area contributed by atoms with Crippen molar-refractivity contribution in [3.63, 3.8) is 0 Å². The Morgan fingerprint density at radius 1 is 1.38 bits per heavy atom. The van der Waals surface area contributed by atoms with E-state index in [9.17, 15) is 4.79 Å². The maximum absolute atomic E-state index is 12.4. The number of ether oxygens (including phenoxy) is 1. The van der Waals surface area contributed by atoms with Crippen LogP contribution in [0.25, 0.3) is 0 Å². The van der Waals surface area contributed by atoms with Crippen molar-refractivity contribution in [3.8, 4) is 5.75 Å². The van der Waals surface area contributed by atoms with Crippen LogP contribution < -0.4 is 15.4 Å². The number of hydrogen-bond donors (Lipinski definition) is 3. The molecule has 0 fully saturated rings. The van der Waals surface area contributed by atoms with Gasteiger partial charge >= 0.3 is 0 Å². The Bertz CT molecular complexity index is 694. The molecule has 0 saturated heterocycles. The number of fused-ring (bicyclic) bond motifs is 1. The number of rotatable bonds is 6. The summed E-state index contributed by atoms with van der Waals surface area (Å²) >= 11 is 0. The third-order valence-electron chi connectivity index (χ3n) is 4.42. The number of aromatic amines is 1. The third kappa shape index (κ3) is 3.76. The number of H-pyrrole nitrogens is 1. The third-order valence-corrected chi connectivity index (χ3v) is 4.42. The Morgan fingerprint density at radius 2 is 2.17 bits per heavy atom. The Labute approximate surface area is 142 Å². The van der Waals surface area contributed by atoms with Gasteiger partial charge in [0.25, 0.3) is 5.91 Å². The number of carbonyl (C=O) groups excluding carboxylic acids is 1. The van der Waals surface area contributed by atoms with E-state index in [1.807, 2.05) is 19.1 Å². The maximum Gasteiger partial charge on any atom is 0.272 e. The zero-order valence-corrected chi connectivity index (χ0v) is 14.2. The number of aryl methyl sites for hydroxylation is 1. The monoisotopic (exact) mass is 328 g/mol. The number of methoxy groups -OCH3 is 1. The molecule has 2 heterocycles. The molecule has 6 heteroatoms. The Balaban J connectivity index is 1.53. The summed E-state index contributed by atoms with van der Waals surface area (Å²) in [6.45, 7) is 3.65. The topological polar surface area (TPSA) is 79.0 Å². The number of carbonyl (C=O) groups is 1. The molecule has 1 atom stereocenters. The first-order chi connectivity index (χ1) is 11.7. The summed E-state index contributed by atoms with van der Waals surface area (Å²) in [7, 11) is 1.66. The summed E-state index contributed by atoms with van der Waals surface area (Å²) in [4.78, 5) is 12.4. The highest BCUT2D eigenvalue weighted by atomic mass is 16.5. The van der Waals surface area contributed by atoms with Crippen LogP contribution in [0.5, 0.6) is 5.75 Å². The van der Waals surface area contributed by atoms with E-state index >= 15 is 0 Å². The van der Waals surface area contributed by atoms with Crippen LogP contribution in [0.4, 0.5) is 0 Å². The standard InChI is InChI=1S/C18H24N4O2/c1-12(3-4-13-5-7-14(24-2)8-6-13)20-18(23)17-15-11-19-10-9-16(15)21-22-17/h5-8,12,19H,3-4,9-11H2,1-2H3,(H,20,23)(H,21,22). The summed E-state index contributed by atoms with van der Waals surface area (Å²) in [5.41, 5.74) is 3.83. The molecule has 128 valence electrons. The van der Waals surface area contributed by atoms with E-state index in [1.54, 1.807) is 7.11 Å². The number of nitrogens with zero attached hydrogens (tertiary/aromatic N) is 1. The minimum Gasteiger partial charge on any atom is -0.497 e. The molecule has 0 bridgehead atoms. The molecule has 1 unspecified atom stereocenters. The summed E-state index contributed by atoms with van der Waals surface area (Å²) in [5, 5.41) is 13.5. The first-order valence-electron chi connectivity index (χ1n) is 8.38. The first-order valence-corrected chi connectivity index (χ1v) is 8.38. The summed E-state index contributed by atoms with van der Waals surface area (Å²) in [6, 6.07) is 8.12. The number of nitrogens with one attached hydrogen (secondary N) is 3. The van der Waals surface area contributed by atoms with E-state index in [2.05, 4.69) is 33.0 Å². The van der Waals surface area contributed by atoms with Gasteiger partial charge in [0, 0.05) is 36.8 Å². The molecule has 1 aliphatic rings. The van der Waals surface area contributed by atoms with Crippen molar-refractivity contribution in [2.45, 2.75) is 38.8 Å². The molecule has 0 saturated carbocycles. The van der Waals surface area contributed by atoms with Crippen LogP contribution in [0.3, 0.4) is 0 Å². The highest BCUT2D eigenvalue weighted by molar-refractivity contribution is 5.94. The minimum atomic E-state index is -0.0987. The lowest BCUT2D eigenvalue weighted by atomic mass is 10.0. The fraction of sp³-hybridized carbons (Fsp3) is 0.444. The van der Waals surface area contributed by atoms with Gasteiger partial charge in [0.1, 0.15) is 5.75 Å². The van der Waals surface area contributed by atoms with Gasteiger partial charge in [-0.2, -0.15) is 5.10 Å². The van der Waals surface area contributed by atoms with Crippen molar-refractivity contribution in [2.75, 3.05) is 13.7 Å². The largest absolute Gasteiger partial charge is 0.497 e. The molecular weight excluding hydrogens is 304 g/mol. The summed E-state index contributed by atoms with van der Waals surface area (Å²) < 4.78 is 5.16. The second kappa shape index (κ2) is 7.49. The van der Waals surface area contributed by atoms with Crippen molar-refractivity contribution in [3.05, 3.63) is 46.8 Å². The SMILES string of the molecule is COc1ccc(CCC(C)NC(=O)c2n[nH]c3c2CNCC3)cc1. The van der Waals surface area contributed by atoms with Crippen LogP contribution in [-0.2, 0) is 19.4 Å². The van der Waals surface area contributed by atoms with Gasteiger partial charge in [-0.15, -0.1) is 0 Å². The molecular formula is C18H24N4O2. The quantitative estimate of drug-likeness (QED) is 0.756. The average molecular weight is 328 g/mol. The Hall–Kier alpha value is -2.34. The van der Waals surface area contributed by atoms with Gasteiger partial charge in [0.2, 0.25) is 0 Å². The molecule has 3 rings (SSSR count). The fourth-order valence-electron chi connectivity index (χ4n) is 2.95. The van der Waals surface area contributed by atoms with Gasteiger partial charge in [-0.05, 0) is 37.5 Å². The van der Waals surface area contributed by atoms with Gasteiger partial charge in [-0.3, -0.25) is 9.89 Å². The van der Waals surface area contributed by atoms with E-state index in [1.165, 1.54) is 5.56 Å². The van der Waals surface area contributed by atoms with E-state index in [-0.39, 0.29) is 11.9 Å². The fourth-order valence-corrected chi connectivity index (χ4v) is 2.95. The smallest absolute Gasteiger partial charge is 0.272 e. The van der Waals surface area contributed by atoms with Crippen LogP contribution in [0, 0.1) is 0 Å². The highest BCUT2D eigenvalue weighted by Crippen LogP contribution is 2.16. The van der Waals surface area contributed by atoms with Crippen molar-refractivity contribution in [2.24, 2.45) is 0 Å². The van der Waals surface area contributed by atoms with Crippen molar-refractivity contribution in [1.82, 2.24) is 20.8 Å². The lowest BCUT2D eigenvalue weighted by Gasteiger charge is -2.15. The van der Waals surface area contributed by atoms with Crippen LogP contribution >= 0.6 is 0 Å². The van der Waals surface area contributed by atoms with Crippen molar-refractivity contribution >= 4 is 5.91 Å². The molecule has 0 spiro atoms. The van der Waals surface area contributed by atoms with Crippen LogP contribution in [-0.4, -0.2) is 35.8 Å². The minimum absolute atomic E-state index is 0.0866. The zero-order valence-electron chi connectivity index (χ0n) is 14.2. The molecule has 6 nitrogen and oxygen atoms in total. The second-order valence-corrected chi connectivity index (χ2v) is 6.22. The molecule has 1 aromatic heterocycles. The maximum atomic E-state index is 12.4. The number of benzene rings is 1. The van der Waals surface area contributed by atoms with Crippen molar-refractivity contribution < 1.29 is 9.53 Å². The summed E-state index contributed by atoms with van der Waals surface area (Å²) in [6.07, 6.45) is 2.68. The molecule has 1 amide bonds. The van der Waals surface area contributed by atoms with Gasteiger partial charge in [0.05, 0.1) is 7.11 Å². The van der Waals surface area contributed by atoms with Crippen LogP contribution in [0.2, 0.25) is 0 Å². The van der Waals surface area contributed by atoms with Crippen molar-refractivity contribution in [1.29, 1.82) is 0 Å². The number of amides is 1. The first kappa shape index (κ1) is 16.5. The molecule has 1 aromatic carbocycles. The van der Waals surface area contributed by atoms with Gasteiger partial charge in [-0.25, -0.2) is 0 Å². The predicted molar refractivity (Wildman–Crippen MR) is 92.2 cm³/mol. The Morgan fingerprint density at radius 3 is 2.92 bits per heavy atom. The van der Waals surface area contributed by atoms with Crippen LogP contribution in [0.15, 0.2) is 24.3 Å². The average Bonchev–Trinajstić information content (AvgIpc) is 3.04. The molecule has 3 N–H and O–H groups in total. The number of hydrogen-bond acceptors (Lipinski definition) is 4. The Kier molecular flexibility index (Phi) is 5.15. The van der Waals surface area contributed by atoms with Crippen LogP contribution in [0.1, 0.15) is 40.7 Å². The normalized spacial score (nSPS) is 14.8. The van der Waals surface area contributed by atoms with Gasteiger partial charge in [-0.1, -0.05) is 12.1 Å². The lowest BCUT2D eigenvalue weighted by molar-refractivity contribution is 0.0932. The van der Waals surface area contributed by atoms with E-state index < -0.39 is 0 Å². The highest BCUT2D eigenvalue weighted by Gasteiger charge is 2.22. The molecule has 24 heavy (non-hydrogen) atoms. The number of aromatic nitrogens is 2. The van der Waals surface area contributed by atoms with Gasteiger partial charge in [0.15, 0.2) is 5.69 Å². The lowest BCUT2D eigenvalue weighted by Crippen LogP contribution is -2.34. The van der Waals surface area contributed by atoms with Gasteiger partial charge < -0.3 is 15.4 Å². The van der Waals surface area contributed by atoms with E-state index in [4.69, 9.17) is 4.74 Å². The predicted octanol–water partition coefficient (Wildman–Crippen LogP) is 1.82. The second-order valence-electron chi connectivity index (χ2n) is 6.22. The zero-order chi connectivity index (χ0) is 16.9.